The number of rotatable bonds is 5. The van der Waals surface area contributed by atoms with Crippen LogP contribution in [0.1, 0.15) is 43.0 Å². The first-order valence-electron chi connectivity index (χ1n) is 7.25. The average molecular weight is 272 g/mol. The van der Waals surface area contributed by atoms with Gasteiger partial charge in [-0.15, -0.1) is 0 Å². The molecule has 2 saturated carbocycles. The molecular weight excluding hydrogens is 252 g/mol. The zero-order valence-corrected chi connectivity index (χ0v) is 11.7. The minimum atomic E-state index is -0.183. The lowest BCUT2D eigenvalue weighted by Gasteiger charge is -2.15. The van der Waals surface area contributed by atoms with Crippen LogP contribution in [0, 0.1) is 11.3 Å². The lowest BCUT2D eigenvalue weighted by atomic mass is 10.0. The second kappa shape index (κ2) is 4.93. The van der Waals surface area contributed by atoms with Crippen molar-refractivity contribution in [3.63, 3.8) is 0 Å². The Hall–Kier alpha value is -1.84. The number of urea groups is 1. The van der Waals surface area contributed by atoms with Crippen molar-refractivity contribution in [1.82, 2.24) is 5.32 Å². The Labute approximate surface area is 118 Å². The number of ketones is 1. The topological polar surface area (TPSA) is 58.2 Å². The largest absolute Gasteiger partial charge is 0.337 e. The number of Topliss-reactive ketones (excluding diaryl/α,β-unsaturated/α-hetero) is 1. The summed E-state index contributed by atoms with van der Waals surface area (Å²) >= 11 is 0. The van der Waals surface area contributed by atoms with Crippen LogP contribution in [0.5, 0.6) is 0 Å². The van der Waals surface area contributed by atoms with Gasteiger partial charge in [0.15, 0.2) is 5.78 Å². The van der Waals surface area contributed by atoms with E-state index in [4.69, 9.17) is 0 Å². The summed E-state index contributed by atoms with van der Waals surface area (Å²) in [5, 5.41) is 5.76. The number of amides is 2. The van der Waals surface area contributed by atoms with Crippen LogP contribution in [0.25, 0.3) is 0 Å². The maximum Gasteiger partial charge on any atom is 0.319 e. The number of benzene rings is 1. The van der Waals surface area contributed by atoms with Crippen molar-refractivity contribution >= 4 is 17.5 Å². The molecule has 2 aliphatic carbocycles. The highest BCUT2D eigenvalue weighted by Gasteiger charge is 2.53. The summed E-state index contributed by atoms with van der Waals surface area (Å²) in [6.07, 6.45) is 5.14. The van der Waals surface area contributed by atoms with E-state index in [9.17, 15) is 9.59 Å². The number of hydrogen-bond donors (Lipinski definition) is 2. The molecule has 2 amide bonds. The molecule has 4 heteroatoms. The molecule has 0 aromatic heterocycles. The van der Waals surface area contributed by atoms with E-state index >= 15 is 0 Å². The second-order valence-electron chi connectivity index (χ2n) is 6.08. The highest BCUT2D eigenvalue weighted by molar-refractivity contribution is 5.96. The number of nitrogens with one attached hydrogen (secondary N) is 2. The first kappa shape index (κ1) is 13.2. The van der Waals surface area contributed by atoms with E-state index in [0.717, 1.165) is 12.5 Å². The van der Waals surface area contributed by atoms with E-state index < -0.39 is 0 Å². The van der Waals surface area contributed by atoms with Crippen LogP contribution in [-0.4, -0.2) is 18.4 Å². The van der Waals surface area contributed by atoms with Gasteiger partial charge in [0.05, 0.1) is 0 Å². The van der Waals surface area contributed by atoms with Crippen molar-refractivity contribution in [2.24, 2.45) is 11.3 Å². The van der Waals surface area contributed by atoms with Gasteiger partial charge in [0, 0.05) is 17.8 Å². The third-order valence-corrected chi connectivity index (χ3v) is 4.46. The Morgan fingerprint density at radius 3 is 2.65 bits per heavy atom. The molecule has 3 rings (SSSR count). The van der Waals surface area contributed by atoms with E-state index in [0.29, 0.717) is 16.7 Å². The summed E-state index contributed by atoms with van der Waals surface area (Å²) in [5.41, 5.74) is 1.67. The molecule has 2 N–H and O–H groups in total. The number of carbonyl (C=O) groups excluding carboxylic acids is 2. The summed E-state index contributed by atoms with van der Waals surface area (Å²) in [6.45, 7) is 2.29. The van der Waals surface area contributed by atoms with Crippen molar-refractivity contribution in [3.05, 3.63) is 29.8 Å². The maximum absolute atomic E-state index is 11.9. The van der Waals surface area contributed by atoms with Crippen molar-refractivity contribution in [2.75, 3.05) is 11.9 Å². The van der Waals surface area contributed by atoms with Crippen LogP contribution in [0.4, 0.5) is 10.5 Å². The fourth-order valence-electron chi connectivity index (χ4n) is 2.83. The van der Waals surface area contributed by atoms with Crippen molar-refractivity contribution in [2.45, 2.75) is 32.6 Å². The molecule has 0 atom stereocenters. The summed E-state index contributed by atoms with van der Waals surface area (Å²) in [5.74, 6) is 0.837. The number of anilines is 1. The molecule has 106 valence electrons. The first-order chi connectivity index (χ1) is 9.59. The molecule has 1 aromatic carbocycles. The van der Waals surface area contributed by atoms with Crippen LogP contribution in [0.3, 0.4) is 0 Å². The van der Waals surface area contributed by atoms with Gasteiger partial charge in [-0.1, -0.05) is 12.1 Å². The van der Waals surface area contributed by atoms with Gasteiger partial charge in [0.1, 0.15) is 0 Å². The van der Waals surface area contributed by atoms with E-state index in [2.05, 4.69) is 10.6 Å². The van der Waals surface area contributed by atoms with Crippen LogP contribution >= 0.6 is 0 Å². The monoisotopic (exact) mass is 272 g/mol. The fourth-order valence-corrected chi connectivity index (χ4v) is 2.83. The second-order valence-corrected chi connectivity index (χ2v) is 6.08. The van der Waals surface area contributed by atoms with Gasteiger partial charge in [0.25, 0.3) is 0 Å². The summed E-state index contributed by atoms with van der Waals surface area (Å²) in [4.78, 5) is 23.2. The molecule has 0 unspecified atom stereocenters. The molecule has 0 spiro atoms. The highest BCUT2D eigenvalue weighted by atomic mass is 16.2. The van der Waals surface area contributed by atoms with Gasteiger partial charge in [-0.25, -0.2) is 4.79 Å². The predicted molar refractivity (Wildman–Crippen MR) is 77.9 cm³/mol. The molecule has 0 bridgehead atoms. The van der Waals surface area contributed by atoms with Crippen LogP contribution in [0.15, 0.2) is 24.3 Å². The van der Waals surface area contributed by atoms with Crippen molar-refractivity contribution in [3.8, 4) is 0 Å². The molecule has 2 aliphatic rings. The normalized spacial score (nSPS) is 19.2. The minimum Gasteiger partial charge on any atom is -0.337 e. The lowest BCUT2D eigenvalue weighted by molar-refractivity contribution is 0.101. The van der Waals surface area contributed by atoms with Gasteiger partial charge in [0.2, 0.25) is 0 Å². The smallest absolute Gasteiger partial charge is 0.319 e. The Bertz CT molecular complexity index is 545. The lowest BCUT2D eigenvalue weighted by Crippen LogP contribution is -2.34. The molecular formula is C16H20N2O2. The maximum atomic E-state index is 11.9. The molecule has 2 fully saturated rings. The SMILES string of the molecule is CC(=O)c1cccc(NC(=O)NCC2(C3CC3)CC2)c1. The number of hydrogen-bond acceptors (Lipinski definition) is 2. The van der Waals surface area contributed by atoms with E-state index in [1.165, 1.54) is 32.6 Å². The van der Waals surface area contributed by atoms with Gasteiger partial charge in [-0.3, -0.25) is 4.79 Å². The molecule has 0 heterocycles. The van der Waals surface area contributed by atoms with Crippen molar-refractivity contribution in [1.29, 1.82) is 0 Å². The summed E-state index contributed by atoms with van der Waals surface area (Å²) in [6, 6.07) is 6.84. The minimum absolute atomic E-state index is 0.000255. The van der Waals surface area contributed by atoms with Crippen LogP contribution in [0.2, 0.25) is 0 Å². The van der Waals surface area contributed by atoms with Gasteiger partial charge < -0.3 is 10.6 Å². The van der Waals surface area contributed by atoms with E-state index in [1.54, 1.807) is 24.3 Å². The van der Waals surface area contributed by atoms with Crippen LogP contribution in [-0.2, 0) is 0 Å². The highest BCUT2D eigenvalue weighted by Crippen LogP contribution is 2.60. The van der Waals surface area contributed by atoms with Gasteiger partial charge in [-0.05, 0) is 56.1 Å². The molecule has 20 heavy (non-hydrogen) atoms. The van der Waals surface area contributed by atoms with E-state index in [1.807, 2.05) is 0 Å². The third kappa shape index (κ3) is 2.84. The zero-order valence-electron chi connectivity index (χ0n) is 11.7. The Morgan fingerprint density at radius 1 is 1.30 bits per heavy atom. The first-order valence-corrected chi connectivity index (χ1v) is 7.25. The Kier molecular flexibility index (Phi) is 3.24. The quantitative estimate of drug-likeness (QED) is 0.809. The number of carbonyl (C=O) groups is 2. The average Bonchev–Trinajstić information content (AvgIpc) is 3.27. The third-order valence-electron chi connectivity index (χ3n) is 4.46. The van der Waals surface area contributed by atoms with Crippen LogP contribution < -0.4 is 10.6 Å². The fraction of sp³-hybridized carbons (Fsp3) is 0.500. The van der Waals surface area contributed by atoms with E-state index in [-0.39, 0.29) is 11.8 Å². The van der Waals surface area contributed by atoms with Gasteiger partial charge >= 0.3 is 6.03 Å². The molecule has 0 aliphatic heterocycles. The molecule has 0 radical (unpaired) electrons. The molecule has 1 aromatic rings. The Morgan fingerprint density at radius 2 is 2.05 bits per heavy atom. The predicted octanol–water partition coefficient (Wildman–Crippen LogP) is 3.20. The molecule has 4 nitrogen and oxygen atoms in total. The summed E-state index contributed by atoms with van der Waals surface area (Å²) in [7, 11) is 0. The van der Waals surface area contributed by atoms with Gasteiger partial charge in [-0.2, -0.15) is 0 Å². The van der Waals surface area contributed by atoms with Crippen molar-refractivity contribution < 1.29 is 9.59 Å². The zero-order chi connectivity index (χ0) is 14.2. The Balaban J connectivity index is 1.53. The summed E-state index contributed by atoms with van der Waals surface area (Å²) < 4.78 is 0. The standard InChI is InChI=1S/C16H20N2O2/c1-11(19)12-3-2-4-14(9-12)18-15(20)17-10-16(7-8-16)13-5-6-13/h2-4,9,13H,5-8,10H2,1H3,(H2,17,18,20). The molecule has 0 saturated heterocycles.